The topological polar surface area (TPSA) is 90.3 Å². The summed E-state index contributed by atoms with van der Waals surface area (Å²) in [5.41, 5.74) is -0.217. The Morgan fingerprint density at radius 3 is 2.70 bits per heavy atom. The Bertz CT molecular complexity index is 1460. The van der Waals surface area contributed by atoms with Crippen molar-refractivity contribution in [3.05, 3.63) is 66.1 Å². The van der Waals surface area contributed by atoms with E-state index in [0.717, 1.165) is 12.5 Å². The highest BCUT2D eigenvalue weighted by Crippen LogP contribution is 2.34. The number of imidazole rings is 1. The Labute approximate surface area is 208 Å². The number of anilines is 3. The molecule has 0 aliphatic carbocycles. The quantitative estimate of drug-likeness (QED) is 0.317. The van der Waals surface area contributed by atoms with Crippen LogP contribution in [-0.4, -0.2) is 33.2 Å². The van der Waals surface area contributed by atoms with Crippen molar-refractivity contribution in [1.29, 1.82) is 0 Å². The number of aromatic nitrogens is 3. The molecule has 1 aliphatic heterocycles. The summed E-state index contributed by atoms with van der Waals surface area (Å²) in [5.74, 6) is 0.181. The lowest BCUT2D eigenvalue weighted by Crippen LogP contribution is -2.27. The molecule has 1 atom stereocenters. The van der Waals surface area contributed by atoms with Gasteiger partial charge in [-0.1, -0.05) is 0 Å². The van der Waals surface area contributed by atoms with Gasteiger partial charge in [-0.25, -0.2) is 14.4 Å². The van der Waals surface area contributed by atoms with Gasteiger partial charge < -0.3 is 24.7 Å². The molecule has 1 fully saturated rings. The number of benzene rings is 2. The van der Waals surface area contributed by atoms with Gasteiger partial charge in [-0.05, 0) is 49.2 Å². The lowest BCUT2D eigenvalue weighted by molar-refractivity contribution is -0.137. The van der Waals surface area contributed by atoms with Gasteiger partial charge in [-0.2, -0.15) is 13.2 Å². The molecular formula is C25H21F4N5O3. The molecule has 2 N–H and O–H groups in total. The molecule has 0 bridgehead atoms. The minimum absolute atomic E-state index is 0.147. The third-order valence-electron chi connectivity index (χ3n) is 5.83. The van der Waals surface area contributed by atoms with Crippen LogP contribution in [-0.2, 0) is 22.8 Å². The molecule has 1 amide bonds. The Balaban J connectivity index is 1.34. The number of hydrogen-bond donors (Lipinski definition) is 2. The first kappa shape index (κ1) is 24.5. The second-order valence-corrected chi connectivity index (χ2v) is 8.43. The number of nitrogens with one attached hydrogen (secondary N) is 2. The van der Waals surface area contributed by atoms with E-state index in [1.807, 2.05) is 0 Å². The van der Waals surface area contributed by atoms with Crippen LogP contribution in [0.15, 0.2) is 54.7 Å². The molecule has 12 heteroatoms. The number of amides is 1. The summed E-state index contributed by atoms with van der Waals surface area (Å²) in [4.78, 5) is 20.8. The second kappa shape index (κ2) is 9.69. The van der Waals surface area contributed by atoms with Crippen molar-refractivity contribution in [2.75, 3.05) is 17.2 Å². The fourth-order valence-electron chi connectivity index (χ4n) is 3.94. The highest BCUT2D eigenvalue weighted by atomic mass is 19.4. The molecule has 2 aromatic heterocycles. The Morgan fingerprint density at radius 2 is 1.95 bits per heavy atom. The number of pyridine rings is 1. The fraction of sp³-hybridized carbons (Fsp3) is 0.240. The van der Waals surface area contributed by atoms with Crippen LogP contribution in [0.5, 0.6) is 11.5 Å². The average Bonchev–Trinajstić information content (AvgIpc) is 3.49. The number of carbonyl (C=O) groups excluding carboxylic acids is 1. The zero-order valence-corrected chi connectivity index (χ0v) is 19.5. The standard InChI is InChI=1S/C25H21F4N5O3/c1-34-20-7-5-15(37-16-8-9-30-22(13-16)33-23(35)21-3-2-10-36-21)12-19(20)32-24(34)31-18-11-14(25(27,28)29)4-6-17(18)26/h4-9,11-13,21H,2-3,10H2,1H3,(H,31,32)(H,30,33,35). The number of ether oxygens (including phenoxy) is 2. The minimum atomic E-state index is -4.61. The van der Waals surface area contributed by atoms with Crippen molar-refractivity contribution in [3.63, 3.8) is 0 Å². The van der Waals surface area contributed by atoms with Gasteiger partial charge in [0.2, 0.25) is 5.95 Å². The van der Waals surface area contributed by atoms with Crippen molar-refractivity contribution in [1.82, 2.24) is 14.5 Å². The number of hydrogen-bond acceptors (Lipinski definition) is 6. The minimum Gasteiger partial charge on any atom is -0.457 e. The van der Waals surface area contributed by atoms with Crippen LogP contribution in [0.25, 0.3) is 11.0 Å². The van der Waals surface area contributed by atoms with Gasteiger partial charge in [0.15, 0.2) is 0 Å². The third kappa shape index (κ3) is 5.33. The molecule has 0 spiro atoms. The third-order valence-corrected chi connectivity index (χ3v) is 5.83. The van der Waals surface area contributed by atoms with E-state index in [-0.39, 0.29) is 17.5 Å². The predicted octanol–water partition coefficient (Wildman–Crippen LogP) is 5.78. The molecule has 1 aliphatic rings. The van der Waals surface area contributed by atoms with Crippen LogP contribution in [0.3, 0.4) is 0 Å². The average molecular weight is 515 g/mol. The Hall–Kier alpha value is -4.19. The van der Waals surface area contributed by atoms with E-state index in [1.54, 1.807) is 41.9 Å². The van der Waals surface area contributed by atoms with Crippen LogP contribution < -0.4 is 15.4 Å². The summed E-state index contributed by atoms with van der Waals surface area (Å²) in [6, 6.07) is 10.3. The summed E-state index contributed by atoms with van der Waals surface area (Å²) in [6.45, 7) is 0.552. The first-order valence-electron chi connectivity index (χ1n) is 11.3. The SMILES string of the molecule is Cn1c(Nc2cc(C(F)(F)F)ccc2F)nc2cc(Oc3ccnc(NC(=O)C4CCCO4)c3)ccc21. The molecule has 37 heavy (non-hydrogen) atoms. The Morgan fingerprint density at radius 1 is 1.14 bits per heavy atom. The van der Waals surface area contributed by atoms with E-state index in [0.29, 0.717) is 53.5 Å². The van der Waals surface area contributed by atoms with E-state index in [1.165, 1.54) is 6.20 Å². The van der Waals surface area contributed by atoms with Crippen LogP contribution in [0.2, 0.25) is 0 Å². The molecule has 4 aromatic rings. The second-order valence-electron chi connectivity index (χ2n) is 8.43. The summed E-state index contributed by atoms with van der Waals surface area (Å²) in [5, 5.41) is 5.35. The molecular weight excluding hydrogens is 494 g/mol. The van der Waals surface area contributed by atoms with E-state index in [9.17, 15) is 22.4 Å². The predicted molar refractivity (Wildman–Crippen MR) is 127 cm³/mol. The summed E-state index contributed by atoms with van der Waals surface area (Å²) >= 11 is 0. The van der Waals surface area contributed by atoms with Gasteiger partial charge in [0.25, 0.3) is 5.91 Å². The fourth-order valence-corrected chi connectivity index (χ4v) is 3.94. The first-order chi connectivity index (χ1) is 17.7. The first-order valence-corrected chi connectivity index (χ1v) is 11.3. The number of alkyl halides is 3. The molecule has 0 radical (unpaired) electrons. The molecule has 1 unspecified atom stereocenters. The number of aryl methyl sites for hydroxylation is 1. The maximum Gasteiger partial charge on any atom is 0.416 e. The monoisotopic (exact) mass is 515 g/mol. The van der Waals surface area contributed by atoms with Gasteiger partial charge in [-0.15, -0.1) is 0 Å². The van der Waals surface area contributed by atoms with Crippen molar-refractivity contribution < 1.29 is 31.8 Å². The normalized spacial score (nSPS) is 15.6. The van der Waals surface area contributed by atoms with E-state index in [4.69, 9.17) is 9.47 Å². The van der Waals surface area contributed by atoms with Gasteiger partial charge in [0, 0.05) is 32.0 Å². The Kier molecular flexibility index (Phi) is 6.42. The molecule has 5 rings (SSSR count). The molecule has 3 heterocycles. The lowest BCUT2D eigenvalue weighted by Gasteiger charge is -2.11. The van der Waals surface area contributed by atoms with Gasteiger partial charge in [0.05, 0.1) is 22.3 Å². The zero-order chi connectivity index (χ0) is 26.2. The van der Waals surface area contributed by atoms with Crippen LogP contribution in [0, 0.1) is 5.82 Å². The van der Waals surface area contributed by atoms with Crippen molar-refractivity contribution >= 4 is 34.4 Å². The van der Waals surface area contributed by atoms with Crippen molar-refractivity contribution in [2.45, 2.75) is 25.1 Å². The summed E-state index contributed by atoms with van der Waals surface area (Å²) in [7, 11) is 1.65. The van der Waals surface area contributed by atoms with E-state index >= 15 is 0 Å². The molecule has 1 saturated heterocycles. The zero-order valence-electron chi connectivity index (χ0n) is 19.5. The lowest BCUT2D eigenvalue weighted by atomic mass is 10.2. The maximum atomic E-state index is 14.2. The highest BCUT2D eigenvalue weighted by molar-refractivity contribution is 5.93. The molecule has 0 saturated carbocycles. The van der Waals surface area contributed by atoms with Crippen molar-refractivity contribution in [2.24, 2.45) is 7.05 Å². The van der Waals surface area contributed by atoms with E-state index in [2.05, 4.69) is 20.6 Å². The van der Waals surface area contributed by atoms with Crippen LogP contribution >= 0.6 is 0 Å². The molecule has 192 valence electrons. The van der Waals surface area contributed by atoms with Crippen molar-refractivity contribution in [3.8, 4) is 11.5 Å². The number of fused-ring (bicyclic) bond motifs is 1. The number of nitrogens with zero attached hydrogens (tertiary/aromatic N) is 3. The summed E-state index contributed by atoms with van der Waals surface area (Å²) < 4.78 is 66.2. The van der Waals surface area contributed by atoms with Gasteiger partial charge in [-0.3, -0.25) is 4.79 Å². The highest BCUT2D eigenvalue weighted by Gasteiger charge is 2.31. The number of rotatable bonds is 6. The number of carbonyl (C=O) groups is 1. The molecule has 8 nitrogen and oxygen atoms in total. The maximum absolute atomic E-state index is 14.2. The van der Waals surface area contributed by atoms with Gasteiger partial charge >= 0.3 is 6.18 Å². The smallest absolute Gasteiger partial charge is 0.416 e. The largest absolute Gasteiger partial charge is 0.457 e. The van der Waals surface area contributed by atoms with Gasteiger partial charge in [0.1, 0.15) is 29.2 Å². The number of halogens is 4. The van der Waals surface area contributed by atoms with Crippen LogP contribution in [0.4, 0.5) is 35.0 Å². The van der Waals surface area contributed by atoms with E-state index < -0.39 is 23.7 Å². The van der Waals surface area contributed by atoms with Crippen LogP contribution in [0.1, 0.15) is 18.4 Å². The summed E-state index contributed by atoms with van der Waals surface area (Å²) in [6.07, 6.45) is -2.13. The molecule has 2 aromatic carbocycles.